The fraction of sp³-hybridized carbons (Fsp3) is 0.750. The zero-order valence-electron chi connectivity index (χ0n) is 8.02. The maximum atomic E-state index is 4.29. The molecule has 0 unspecified atom stereocenters. The summed E-state index contributed by atoms with van der Waals surface area (Å²) in [5.74, 6) is 0. The summed E-state index contributed by atoms with van der Waals surface area (Å²) in [5, 5.41) is 4.29. The van der Waals surface area contributed by atoms with Gasteiger partial charge in [-0.25, -0.2) is 0 Å². The van der Waals surface area contributed by atoms with Crippen LogP contribution in [0.2, 0.25) is 0 Å². The third-order valence-corrected chi connectivity index (χ3v) is 0.710. The molecular formula is C8H16LiN. The Labute approximate surface area is 76.5 Å². The summed E-state index contributed by atoms with van der Waals surface area (Å²) in [6, 6.07) is 0. The summed E-state index contributed by atoms with van der Waals surface area (Å²) in [5.41, 5.74) is 1.34. The van der Waals surface area contributed by atoms with Gasteiger partial charge in [-0.3, -0.25) is 0 Å². The first-order valence-corrected chi connectivity index (χ1v) is 3.27. The Hall–Kier alpha value is 0.137. The molecule has 0 heterocycles. The summed E-state index contributed by atoms with van der Waals surface area (Å²) < 4.78 is 0. The molecule has 0 saturated heterocycles. The van der Waals surface area contributed by atoms with E-state index in [2.05, 4.69) is 39.9 Å². The minimum absolute atomic E-state index is 0. The van der Waals surface area contributed by atoms with E-state index >= 15 is 0 Å². The van der Waals surface area contributed by atoms with E-state index in [-0.39, 0.29) is 24.4 Å². The molecule has 0 saturated carbocycles. The van der Waals surface area contributed by atoms with Gasteiger partial charge < -0.3 is 5.32 Å². The molecule has 0 aromatic rings. The van der Waals surface area contributed by atoms with Gasteiger partial charge in [0.15, 0.2) is 0 Å². The summed E-state index contributed by atoms with van der Waals surface area (Å²) in [7, 11) is 0. The van der Waals surface area contributed by atoms with E-state index in [0.717, 1.165) is 0 Å². The van der Waals surface area contributed by atoms with E-state index in [1.54, 1.807) is 0 Å². The Balaban J connectivity index is 0. The van der Waals surface area contributed by atoms with E-state index in [9.17, 15) is 0 Å². The summed E-state index contributed by atoms with van der Waals surface area (Å²) >= 11 is 0. The molecule has 10 heavy (non-hydrogen) atoms. The van der Waals surface area contributed by atoms with Gasteiger partial charge in [-0.15, -0.1) is 5.54 Å². The molecule has 0 aromatic heterocycles. The summed E-state index contributed by atoms with van der Waals surface area (Å²) in [6.07, 6.45) is 1.92. The first-order chi connectivity index (χ1) is 3.92. The van der Waals surface area contributed by atoms with Crippen LogP contribution in [0.25, 0.3) is 5.32 Å². The van der Waals surface area contributed by atoms with Gasteiger partial charge in [0, 0.05) is 0 Å². The smallest absolute Gasteiger partial charge is 0.686 e. The standard InChI is InChI=1S/C8H16N.Li/c1-7(2)6-9-8(3,4)5;/h6H,1-5H3;/q-1;+1. The van der Waals surface area contributed by atoms with Gasteiger partial charge in [0.1, 0.15) is 0 Å². The largest absolute Gasteiger partial charge is 1.00 e. The molecule has 0 aliphatic heterocycles. The molecule has 1 nitrogen and oxygen atoms in total. The Morgan fingerprint density at radius 1 is 1.20 bits per heavy atom. The Morgan fingerprint density at radius 3 is 1.70 bits per heavy atom. The van der Waals surface area contributed by atoms with Crippen molar-refractivity contribution < 1.29 is 18.9 Å². The van der Waals surface area contributed by atoms with E-state index in [1.165, 1.54) is 5.57 Å². The van der Waals surface area contributed by atoms with E-state index in [0.29, 0.717) is 0 Å². The van der Waals surface area contributed by atoms with Crippen LogP contribution in [0.3, 0.4) is 0 Å². The molecule has 0 atom stereocenters. The molecule has 0 rings (SSSR count). The molecule has 0 amide bonds. The second kappa shape index (κ2) is 4.88. The predicted octanol–water partition coefficient (Wildman–Crippen LogP) is 0.0863. The van der Waals surface area contributed by atoms with Gasteiger partial charge in [-0.05, 0) is 13.8 Å². The number of hydrogen-bond acceptors (Lipinski definition) is 0. The van der Waals surface area contributed by atoms with Gasteiger partial charge in [-0.1, -0.05) is 26.3 Å². The van der Waals surface area contributed by atoms with Crippen molar-refractivity contribution in [2.75, 3.05) is 0 Å². The van der Waals surface area contributed by atoms with Crippen LogP contribution in [0.15, 0.2) is 11.8 Å². The molecule has 54 valence electrons. The quantitative estimate of drug-likeness (QED) is 0.450. The normalized spacial score (nSPS) is 9.70. The van der Waals surface area contributed by atoms with Crippen molar-refractivity contribution in [3.8, 4) is 0 Å². The van der Waals surface area contributed by atoms with Gasteiger partial charge >= 0.3 is 18.9 Å². The van der Waals surface area contributed by atoms with Crippen LogP contribution in [-0.2, 0) is 0 Å². The van der Waals surface area contributed by atoms with Gasteiger partial charge in [-0.2, -0.15) is 6.20 Å². The van der Waals surface area contributed by atoms with Crippen molar-refractivity contribution in [2.24, 2.45) is 0 Å². The molecule has 0 bridgehead atoms. The third kappa shape index (κ3) is 11.0. The van der Waals surface area contributed by atoms with Crippen LogP contribution in [0.4, 0.5) is 0 Å². The van der Waals surface area contributed by atoms with Crippen LogP contribution in [0, 0.1) is 0 Å². The van der Waals surface area contributed by atoms with E-state index in [1.807, 2.05) is 6.20 Å². The molecule has 2 heteroatoms. The third-order valence-electron chi connectivity index (χ3n) is 0.710. The maximum Gasteiger partial charge on any atom is 1.00 e. The first-order valence-electron chi connectivity index (χ1n) is 3.27. The van der Waals surface area contributed by atoms with E-state index < -0.39 is 0 Å². The van der Waals surface area contributed by atoms with E-state index in [4.69, 9.17) is 0 Å². The van der Waals surface area contributed by atoms with Crippen molar-refractivity contribution in [1.29, 1.82) is 0 Å². The SMILES string of the molecule is CC(C)=C[N-]C(C)(C)C.[Li+]. The van der Waals surface area contributed by atoms with Gasteiger partial charge in [0.05, 0.1) is 0 Å². The molecule has 0 radical (unpaired) electrons. The van der Waals surface area contributed by atoms with Crippen molar-refractivity contribution >= 4 is 0 Å². The topological polar surface area (TPSA) is 14.1 Å². The minimum atomic E-state index is 0. The number of hydrogen-bond donors (Lipinski definition) is 0. The predicted molar refractivity (Wildman–Crippen MR) is 42.5 cm³/mol. The van der Waals surface area contributed by atoms with Gasteiger partial charge in [0.2, 0.25) is 0 Å². The van der Waals surface area contributed by atoms with Crippen LogP contribution >= 0.6 is 0 Å². The molecule has 0 spiro atoms. The molecule has 0 aliphatic rings. The number of allylic oxidation sites excluding steroid dienone is 1. The Bertz CT molecular complexity index is 107. The Kier molecular flexibility index (Phi) is 6.23. The molecule has 0 N–H and O–H groups in total. The number of nitrogens with zero attached hydrogens (tertiary/aromatic N) is 1. The molecule has 0 fully saturated rings. The molecule has 0 aromatic carbocycles. The van der Waals surface area contributed by atoms with Crippen molar-refractivity contribution in [3.05, 3.63) is 17.1 Å². The number of rotatable bonds is 1. The van der Waals surface area contributed by atoms with Crippen LogP contribution in [-0.4, -0.2) is 5.54 Å². The van der Waals surface area contributed by atoms with Crippen molar-refractivity contribution in [1.82, 2.24) is 0 Å². The molecule has 0 aliphatic carbocycles. The van der Waals surface area contributed by atoms with Crippen molar-refractivity contribution in [2.45, 2.75) is 40.2 Å². The Morgan fingerprint density at radius 2 is 1.60 bits per heavy atom. The average molecular weight is 133 g/mol. The maximum absolute atomic E-state index is 4.29. The van der Waals surface area contributed by atoms with Crippen LogP contribution in [0.1, 0.15) is 34.6 Å². The van der Waals surface area contributed by atoms with Crippen molar-refractivity contribution in [3.63, 3.8) is 0 Å². The monoisotopic (exact) mass is 133 g/mol. The summed E-state index contributed by atoms with van der Waals surface area (Å²) in [4.78, 5) is 0. The second-order valence-corrected chi connectivity index (χ2v) is 3.51. The molecular weight excluding hydrogens is 117 g/mol. The summed E-state index contributed by atoms with van der Waals surface area (Å²) in [6.45, 7) is 10.4. The average Bonchev–Trinajstić information content (AvgIpc) is 1.59. The fourth-order valence-corrected chi connectivity index (χ4v) is 0.323. The minimum Gasteiger partial charge on any atom is -0.686 e. The first kappa shape index (κ1) is 12.8. The second-order valence-electron chi connectivity index (χ2n) is 3.51. The van der Waals surface area contributed by atoms with Crippen LogP contribution in [0.5, 0.6) is 0 Å². The fourth-order valence-electron chi connectivity index (χ4n) is 0.323. The zero-order chi connectivity index (χ0) is 7.49. The zero-order valence-corrected chi connectivity index (χ0v) is 8.02. The van der Waals surface area contributed by atoms with Gasteiger partial charge in [0.25, 0.3) is 0 Å². The van der Waals surface area contributed by atoms with Crippen LogP contribution < -0.4 is 18.9 Å².